The molecule has 0 aliphatic carbocycles. The zero-order chi connectivity index (χ0) is 18.0. The Morgan fingerprint density at radius 2 is 1.44 bits per heavy atom. The number of carboxylic acids is 1. The molecular weight excluding hydrogens is 316 g/mol. The molecule has 0 unspecified atom stereocenters. The summed E-state index contributed by atoms with van der Waals surface area (Å²) in [7, 11) is 0. The van der Waals surface area contributed by atoms with E-state index in [0.717, 1.165) is 16.8 Å². The van der Waals surface area contributed by atoms with Gasteiger partial charge in [0.05, 0.1) is 5.69 Å². The Hall–Kier alpha value is -3.34. The van der Waals surface area contributed by atoms with Crippen LogP contribution in [0.15, 0.2) is 60.8 Å². The molecule has 0 bridgehead atoms. The number of aromatic nitrogens is 1. The van der Waals surface area contributed by atoms with Gasteiger partial charge in [0.15, 0.2) is 5.69 Å². The van der Waals surface area contributed by atoms with E-state index in [1.165, 1.54) is 0 Å². The maximum absolute atomic E-state index is 12.4. The second-order valence-electron chi connectivity index (χ2n) is 5.91. The van der Waals surface area contributed by atoms with Crippen molar-refractivity contribution in [3.63, 3.8) is 0 Å². The van der Waals surface area contributed by atoms with Gasteiger partial charge in [-0.2, -0.15) is 0 Å². The molecule has 0 atom stereocenters. The van der Waals surface area contributed by atoms with Crippen molar-refractivity contribution in [2.75, 3.05) is 5.32 Å². The van der Waals surface area contributed by atoms with E-state index in [0.29, 0.717) is 5.56 Å². The summed E-state index contributed by atoms with van der Waals surface area (Å²) >= 11 is 0. The van der Waals surface area contributed by atoms with Crippen LogP contribution < -0.4 is 5.32 Å². The molecule has 0 radical (unpaired) electrons. The molecule has 3 rings (SSSR count). The van der Waals surface area contributed by atoms with Crippen LogP contribution in [-0.4, -0.2) is 21.6 Å². The number of rotatable bonds is 4. The summed E-state index contributed by atoms with van der Waals surface area (Å²) in [4.78, 5) is 24.1. The first-order valence-electron chi connectivity index (χ1n) is 7.85. The molecule has 5 nitrogen and oxygen atoms in total. The number of aryl methyl sites for hydroxylation is 2. The number of nitrogens with one attached hydrogen (secondary N) is 1. The van der Waals surface area contributed by atoms with Crippen molar-refractivity contribution in [3.8, 4) is 5.69 Å². The van der Waals surface area contributed by atoms with Crippen molar-refractivity contribution in [3.05, 3.63) is 83.2 Å². The average Bonchev–Trinajstić information content (AvgIpc) is 3.00. The number of hydrogen-bond acceptors (Lipinski definition) is 2. The molecule has 1 amide bonds. The van der Waals surface area contributed by atoms with Crippen molar-refractivity contribution >= 4 is 17.6 Å². The largest absolute Gasteiger partial charge is 0.476 e. The number of nitrogens with zero attached hydrogens (tertiary/aromatic N) is 1. The predicted octanol–water partition coefficient (Wildman–Crippen LogP) is 4.04. The maximum atomic E-state index is 12.4. The van der Waals surface area contributed by atoms with Gasteiger partial charge in [0.2, 0.25) is 0 Å². The molecule has 0 saturated heterocycles. The van der Waals surface area contributed by atoms with Crippen LogP contribution in [0.2, 0.25) is 0 Å². The standard InChI is InChI=1S/C20H18N2O3/c1-13-3-7-15(8-4-13)19(23)21-17-11-12-22(18(17)20(24)25)16-9-5-14(2)6-10-16/h3-12H,1-2H3,(H,21,23)(H,24,25). The lowest BCUT2D eigenvalue weighted by molar-refractivity contribution is 0.0689. The van der Waals surface area contributed by atoms with Crippen LogP contribution in [0.4, 0.5) is 5.69 Å². The zero-order valence-corrected chi connectivity index (χ0v) is 14.0. The van der Waals surface area contributed by atoms with E-state index < -0.39 is 5.97 Å². The maximum Gasteiger partial charge on any atom is 0.355 e. The summed E-state index contributed by atoms with van der Waals surface area (Å²) in [5.74, 6) is -1.45. The van der Waals surface area contributed by atoms with E-state index in [4.69, 9.17) is 0 Å². The van der Waals surface area contributed by atoms with E-state index in [-0.39, 0.29) is 17.3 Å². The van der Waals surface area contributed by atoms with Crippen LogP contribution in [0.25, 0.3) is 5.69 Å². The number of benzene rings is 2. The van der Waals surface area contributed by atoms with Gasteiger partial charge in [-0.1, -0.05) is 35.4 Å². The Bertz CT molecular complexity index is 923. The smallest absolute Gasteiger partial charge is 0.355 e. The molecule has 0 spiro atoms. The summed E-state index contributed by atoms with van der Waals surface area (Å²) in [6, 6.07) is 16.2. The number of carbonyl (C=O) groups is 2. The van der Waals surface area contributed by atoms with Gasteiger partial charge in [0.1, 0.15) is 0 Å². The molecule has 0 aliphatic rings. The van der Waals surface area contributed by atoms with Gasteiger partial charge in [-0.05, 0) is 44.2 Å². The van der Waals surface area contributed by atoms with Gasteiger partial charge >= 0.3 is 5.97 Å². The Morgan fingerprint density at radius 1 is 0.880 bits per heavy atom. The number of anilines is 1. The minimum atomic E-state index is -1.11. The third kappa shape index (κ3) is 3.45. The quantitative estimate of drug-likeness (QED) is 0.756. The Kier molecular flexibility index (Phi) is 4.39. The second-order valence-corrected chi connectivity index (χ2v) is 5.91. The highest BCUT2D eigenvalue weighted by Crippen LogP contribution is 2.23. The number of aromatic carboxylic acids is 1. The predicted molar refractivity (Wildman–Crippen MR) is 96.6 cm³/mol. The first-order valence-corrected chi connectivity index (χ1v) is 7.85. The lowest BCUT2D eigenvalue weighted by atomic mass is 10.1. The minimum Gasteiger partial charge on any atom is -0.476 e. The van der Waals surface area contributed by atoms with Gasteiger partial charge < -0.3 is 15.0 Å². The van der Waals surface area contributed by atoms with Crippen molar-refractivity contribution in [2.24, 2.45) is 0 Å². The fourth-order valence-corrected chi connectivity index (χ4v) is 2.57. The van der Waals surface area contributed by atoms with Gasteiger partial charge in [0.25, 0.3) is 5.91 Å². The van der Waals surface area contributed by atoms with Crippen LogP contribution in [0, 0.1) is 13.8 Å². The zero-order valence-electron chi connectivity index (χ0n) is 14.0. The van der Waals surface area contributed by atoms with Crippen LogP contribution in [0.5, 0.6) is 0 Å². The SMILES string of the molecule is Cc1ccc(C(=O)Nc2ccn(-c3ccc(C)cc3)c2C(=O)O)cc1. The Balaban J connectivity index is 1.94. The summed E-state index contributed by atoms with van der Waals surface area (Å²) in [5, 5.41) is 12.3. The van der Waals surface area contributed by atoms with E-state index in [1.54, 1.807) is 29.0 Å². The van der Waals surface area contributed by atoms with E-state index in [2.05, 4.69) is 5.32 Å². The number of amides is 1. The molecule has 1 aromatic heterocycles. The topological polar surface area (TPSA) is 71.3 Å². The normalized spacial score (nSPS) is 10.5. The molecule has 1 heterocycles. The van der Waals surface area contributed by atoms with E-state index in [9.17, 15) is 14.7 Å². The molecule has 126 valence electrons. The summed E-state index contributed by atoms with van der Waals surface area (Å²) in [5.41, 5.74) is 3.61. The molecule has 0 fully saturated rings. The molecule has 5 heteroatoms. The van der Waals surface area contributed by atoms with Gasteiger partial charge in [-0.25, -0.2) is 4.79 Å². The molecule has 2 N–H and O–H groups in total. The van der Waals surface area contributed by atoms with Crippen LogP contribution in [0.1, 0.15) is 32.0 Å². The van der Waals surface area contributed by atoms with Gasteiger partial charge in [-0.15, -0.1) is 0 Å². The lowest BCUT2D eigenvalue weighted by Gasteiger charge is -2.09. The van der Waals surface area contributed by atoms with Crippen molar-refractivity contribution < 1.29 is 14.7 Å². The van der Waals surface area contributed by atoms with Crippen LogP contribution in [0.3, 0.4) is 0 Å². The van der Waals surface area contributed by atoms with Crippen molar-refractivity contribution in [2.45, 2.75) is 13.8 Å². The fraction of sp³-hybridized carbons (Fsp3) is 0.100. The number of carboxylic acid groups (broad SMARTS) is 1. The summed E-state index contributed by atoms with van der Waals surface area (Å²) in [6.07, 6.45) is 1.64. The summed E-state index contributed by atoms with van der Waals surface area (Å²) in [6.45, 7) is 3.90. The highest BCUT2D eigenvalue weighted by Gasteiger charge is 2.19. The molecule has 25 heavy (non-hydrogen) atoms. The molecule has 0 aliphatic heterocycles. The minimum absolute atomic E-state index is 0.0179. The van der Waals surface area contributed by atoms with Crippen molar-refractivity contribution in [1.29, 1.82) is 0 Å². The Morgan fingerprint density at radius 3 is 2.00 bits per heavy atom. The second kappa shape index (κ2) is 6.65. The monoisotopic (exact) mass is 334 g/mol. The average molecular weight is 334 g/mol. The highest BCUT2D eigenvalue weighted by molar-refractivity contribution is 6.07. The fourth-order valence-electron chi connectivity index (χ4n) is 2.57. The first kappa shape index (κ1) is 16.5. The van der Waals surface area contributed by atoms with Crippen molar-refractivity contribution in [1.82, 2.24) is 4.57 Å². The third-order valence-corrected chi connectivity index (χ3v) is 3.96. The number of carbonyl (C=O) groups excluding carboxylic acids is 1. The highest BCUT2D eigenvalue weighted by atomic mass is 16.4. The first-order chi connectivity index (χ1) is 12.0. The molecular formula is C20H18N2O3. The van der Waals surface area contributed by atoms with Crippen LogP contribution >= 0.6 is 0 Å². The van der Waals surface area contributed by atoms with Gasteiger partial charge in [-0.3, -0.25) is 4.79 Å². The van der Waals surface area contributed by atoms with Gasteiger partial charge in [0, 0.05) is 17.4 Å². The third-order valence-electron chi connectivity index (χ3n) is 3.96. The Labute approximate surface area is 145 Å². The number of hydrogen-bond donors (Lipinski definition) is 2. The van der Waals surface area contributed by atoms with Crippen LogP contribution in [-0.2, 0) is 0 Å². The molecule has 3 aromatic rings. The summed E-state index contributed by atoms with van der Waals surface area (Å²) < 4.78 is 1.55. The van der Waals surface area contributed by atoms with E-state index >= 15 is 0 Å². The lowest BCUT2D eigenvalue weighted by Crippen LogP contribution is -2.15. The molecule has 0 saturated carbocycles. The van der Waals surface area contributed by atoms with E-state index in [1.807, 2.05) is 50.2 Å². The molecule has 2 aromatic carbocycles.